The molecule has 0 saturated carbocycles. The normalized spacial score (nSPS) is 12.2. The average molecular weight is 293 g/mol. The summed E-state index contributed by atoms with van der Waals surface area (Å²) in [5, 5.41) is 0. The smallest absolute Gasteiger partial charge is 0.146 e. The quantitative estimate of drug-likeness (QED) is 0.939. The second-order valence-electron chi connectivity index (χ2n) is 3.77. The van der Waals surface area contributed by atoms with Crippen LogP contribution in [-0.4, -0.2) is 4.98 Å². The number of benzene rings is 1. The van der Waals surface area contributed by atoms with Gasteiger partial charge in [0.1, 0.15) is 11.5 Å². The number of rotatable bonds is 3. The maximum atomic E-state index is 5.89. The minimum atomic E-state index is -0.0636. The van der Waals surface area contributed by atoms with Crippen LogP contribution in [0, 0.1) is 0 Å². The van der Waals surface area contributed by atoms with Crippen LogP contribution in [0.25, 0.3) is 0 Å². The molecule has 4 heteroatoms. The molecule has 1 atom stereocenters. The molecule has 0 saturated heterocycles. The predicted molar refractivity (Wildman–Crippen MR) is 71.1 cm³/mol. The topological polar surface area (TPSA) is 48.1 Å². The highest BCUT2D eigenvalue weighted by atomic mass is 79.9. The number of halogens is 1. The third kappa shape index (κ3) is 3.05. The minimum absolute atomic E-state index is 0.0636. The van der Waals surface area contributed by atoms with Gasteiger partial charge in [0.25, 0.3) is 0 Å². The lowest BCUT2D eigenvalue weighted by Gasteiger charge is -2.13. The van der Waals surface area contributed by atoms with Gasteiger partial charge in [0, 0.05) is 22.3 Å². The number of nitrogens with two attached hydrogens (primary N) is 1. The van der Waals surface area contributed by atoms with Crippen molar-refractivity contribution in [1.29, 1.82) is 0 Å². The number of ether oxygens (including phenoxy) is 1. The largest absolute Gasteiger partial charge is 0.455 e. The summed E-state index contributed by atoms with van der Waals surface area (Å²) in [4.78, 5) is 4.05. The monoisotopic (exact) mass is 292 g/mol. The van der Waals surface area contributed by atoms with Crippen LogP contribution in [0.5, 0.6) is 11.5 Å². The number of hydrogen-bond acceptors (Lipinski definition) is 3. The van der Waals surface area contributed by atoms with E-state index in [9.17, 15) is 0 Å². The molecule has 3 nitrogen and oxygen atoms in total. The van der Waals surface area contributed by atoms with Crippen LogP contribution in [0.1, 0.15) is 18.5 Å². The van der Waals surface area contributed by atoms with E-state index in [4.69, 9.17) is 10.5 Å². The van der Waals surface area contributed by atoms with Crippen molar-refractivity contribution in [3.05, 3.63) is 52.8 Å². The Hall–Kier alpha value is -1.39. The molecule has 0 aliphatic rings. The Morgan fingerprint density at radius 1 is 1.29 bits per heavy atom. The molecule has 1 heterocycles. The van der Waals surface area contributed by atoms with Crippen molar-refractivity contribution in [3.63, 3.8) is 0 Å². The number of para-hydroxylation sites is 1. The second-order valence-corrected chi connectivity index (χ2v) is 4.68. The van der Waals surface area contributed by atoms with Crippen molar-refractivity contribution in [1.82, 2.24) is 4.98 Å². The Morgan fingerprint density at radius 2 is 2.06 bits per heavy atom. The zero-order chi connectivity index (χ0) is 12.3. The summed E-state index contributed by atoms with van der Waals surface area (Å²) in [5.41, 5.74) is 6.87. The fourth-order valence-corrected chi connectivity index (χ4v) is 1.87. The van der Waals surface area contributed by atoms with Gasteiger partial charge in [-0.3, -0.25) is 4.98 Å². The van der Waals surface area contributed by atoms with Crippen molar-refractivity contribution in [2.45, 2.75) is 13.0 Å². The molecule has 0 unspecified atom stereocenters. The third-order valence-electron chi connectivity index (χ3n) is 2.32. The average Bonchev–Trinajstić information content (AvgIpc) is 2.29. The van der Waals surface area contributed by atoms with E-state index < -0.39 is 0 Å². The molecule has 0 aliphatic heterocycles. The SMILES string of the molecule is C[C@@H](N)c1ccccc1Oc1cncc(Br)c1. The van der Waals surface area contributed by atoms with E-state index in [1.807, 2.05) is 37.3 Å². The first-order valence-corrected chi connectivity index (χ1v) is 6.09. The van der Waals surface area contributed by atoms with Gasteiger partial charge in [-0.2, -0.15) is 0 Å². The molecule has 0 bridgehead atoms. The number of aromatic nitrogens is 1. The standard InChI is InChI=1S/C13H13BrN2O/c1-9(15)12-4-2-3-5-13(12)17-11-6-10(14)7-16-8-11/h2-9H,15H2,1H3/t9-/m1/s1. The van der Waals surface area contributed by atoms with Crippen molar-refractivity contribution in [3.8, 4) is 11.5 Å². The lowest BCUT2D eigenvalue weighted by Crippen LogP contribution is -2.06. The van der Waals surface area contributed by atoms with E-state index in [0.29, 0.717) is 5.75 Å². The Bertz CT molecular complexity index is 514. The second kappa shape index (κ2) is 5.29. The molecule has 1 aromatic carbocycles. The van der Waals surface area contributed by atoms with E-state index in [-0.39, 0.29) is 6.04 Å². The molecular weight excluding hydrogens is 280 g/mol. The van der Waals surface area contributed by atoms with Crippen molar-refractivity contribution in [2.75, 3.05) is 0 Å². The Labute approximate surface area is 109 Å². The van der Waals surface area contributed by atoms with E-state index in [0.717, 1.165) is 15.8 Å². The van der Waals surface area contributed by atoms with Crippen LogP contribution in [-0.2, 0) is 0 Å². The van der Waals surface area contributed by atoms with Crippen LogP contribution in [0.2, 0.25) is 0 Å². The van der Waals surface area contributed by atoms with Gasteiger partial charge < -0.3 is 10.5 Å². The summed E-state index contributed by atoms with van der Waals surface area (Å²) in [6.45, 7) is 1.93. The van der Waals surface area contributed by atoms with Crippen molar-refractivity contribution >= 4 is 15.9 Å². The first kappa shape index (κ1) is 12.1. The van der Waals surface area contributed by atoms with E-state index >= 15 is 0 Å². The zero-order valence-electron chi connectivity index (χ0n) is 9.43. The van der Waals surface area contributed by atoms with Crippen LogP contribution < -0.4 is 10.5 Å². The number of nitrogens with zero attached hydrogens (tertiary/aromatic N) is 1. The lowest BCUT2D eigenvalue weighted by molar-refractivity contribution is 0.469. The van der Waals surface area contributed by atoms with Gasteiger partial charge in [0.15, 0.2) is 0 Å². The maximum Gasteiger partial charge on any atom is 0.146 e. The first-order valence-electron chi connectivity index (χ1n) is 5.30. The Morgan fingerprint density at radius 3 is 2.76 bits per heavy atom. The van der Waals surface area contributed by atoms with E-state index in [2.05, 4.69) is 20.9 Å². The fourth-order valence-electron chi connectivity index (χ4n) is 1.52. The summed E-state index contributed by atoms with van der Waals surface area (Å²) in [5.74, 6) is 1.45. The van der Waals surface area contributed by atoms with Crippen LogP contribution in [0.4, 0.5) is 0 Å². The summed E-state index contributed by atoms with van der Waals surface area (Å²) < 4.78 is 6.66. The van der Waals surface area contributed by atoms with E-state index in [1.54, 1.807) is 12.4 Å². The van der Waals surface area contributed by atoms with Crippen LogP contribution in [0.3, 0.4) is 0 Å². The van der Waals surface area contributed by atoms with Crippen molar-refractivity contribution in [2.24, 2.45) is 5.73 Å². The van der Waals surface area contributed by atoms with Gasteiger partial charge in [0.05, 0.1) is 6.20 Å². The van der Waals surface area contributed by atoms with Gasteiger partial charge in [-0.15, -0.1) is 0 Å². The summed E-state index contributed by atoms with van der Waals surface area (Å²) in [7, 11) is 0. The predicted octanol–water partition coefficient (Wildman–Crippen LogP) is 3.66. The lowest BCUT2D eigenvalue weighted by atomic mass is 10.1. The minimum Gasteiger partial charge on any atom is -0.455 e. The molecule has 17 heavy (non-hydrogen) atoms. The zero-order valence-corrected chi connectivity index (χ0v) is 11.0. The Kier molecular flexibility index (Phi) is 3.76. The Balaban J connectivity index is 2.30. The fraction of sp³-hybridized carbons (Fsp3) is 0.154. The van der Waals surface area contributed by atoms with Gasteiger partial charge in [-0.25, -0.2) is 0 Å². The number of pyridine rings is 1. The van der Waals surface area contributed by atoms with E-state index in [1.165, 1.54) is 0 Å². The van der Waals surface area contributed by atoms with Crippen LogP contribution >= 0.6 is 15.9 Å². The molecule has 2 N–H and O–H groups in total. The highest BCUT2D eigenvalue weighted by Gasteiger charge is 2.08. The highest BCUT2D eigenvalue weighted by molar-refractivity contribution is 9.10. The molecule has 2 rings (SSSR count). The molecule has 88 valence electrons. The molecule has 0 radical (unpaired) electrons. The highest BCUT2D eigenvalue weighted by Crippen LogP contribution is 2.29. The molecule has 0 fully saturated rings. The molecule has 0 amide bonds. The molecule has 0 spiro atoms. The van der Waals surface area contributed by atoms with Gasteiger partial charge in [-0.05, 0) is 35.0 Å². The van der Waals surface area contributed by atoms with Gasteiger partial charge in [0.2, 0.25) is 0 Å². The molecule has 2 aromatic rings. The van der Waals surface area contributed by atoms with Gasteiger partial charge in [-0.1, -0.05) is 18.2 Å². The van der Waals surface area contributed by atoms with Crippen molar-refractivity contribution < 1.29 is 4.74 Å². The molecular formula is C13H13BrN2O. The molecule has 1 aromatic heterocycles. The van der Waals surface area contributed by atoms with Crippen LogP contribution in [0.15, 0.2) is 47.2 Å². The third-order valence-corrected chi connectivity index (χ3v) is 2.75. The summed E-state index contributed by atoms with van der Waals surface area (Å²) >= 11 is 3.36. The number of hydrogen-bond donors (Lipinski definition) is 1. The molecule has 0 aliphatic carbocycles. The summed E-state index contributed by atoms with van der Waals surface area (Å²) in [6, 6.07) is 9.54. The maximum absolute atomic E-state index is 5.89. The first-order chi connectivity index (χ1) is 8.16. The van der Waals surface area contributed by atoms with Gasteiger partial charge >= 0.3 is 0 Å². The summed E-state index contributed by atoms with van der Waals surface area (Å²) in [6.07, 6.45) is 3.38.